The summed E-state index contributed by atoms with van der Waals surface area (Å²) in [5.74, 6) is -0.416. The average molecular weight is 370 g/mol. The Hall–Kier alpha value is -2.63. The lowest BCUT2D eigenvalue weighted by Gasteiger charge is -2.12. The Morgan fingerprint density at radius 2 is 2.04 bits per heavy atom. The molecule has 134 valence electrons. The fraction of sp³-hybridized carbons (Fsp3) is 0.200. The molecule has 0 spiro atoms. The zero-order valence-corrected chi connectivity index (χ0v) is 15.4. The van der Waals surface area contributed by atoms with Crippen LogP contribution in [0.15, 0.2) is 53.5 Å². The number of aromatic amines is 1. The van der Waals surface area contributed by atoms with E-state index in [1.807, 2.05) is 31.3 Å². The van der Waals surface area contributed by atoms with Gasteiger partial charge in [0.15, 0.2) is 0 Å². The number of benzene rings is 2. The average Bonchev–Trinajstić information content (AvgIpc) is 2.66. The molecule has 3 rings (SSSR count). The van der Waals surface area contributed by atoms with E-state index in [-0.39, 0.29) is 17.0 Å². The summed E-state index contributed by atoms with van der Waals surface area (Å²) in [5, 5.41) is 6.84. The van der Waals surface area contributed by atoms with E-state index in [0.29, 0.717) is 22.5 Å². The number of amides is 1. The van der Waals surface area contributed by atoms with Crippen molar-refractivity contribution in [2.75, 3.05) is 7.05 Å². The van der Waals surface area contributed by atoms with Crippen molar-refractivity contribution < 1.29 is 4.79 Å². The predicted molar refractivity (Wildman–Crippen MR) is 105 cm³/mol. The third kappa shape index (κ3) is 3.79. The topological polar surface area (TPSA) is 74.0 Å². The molecule has 26 heavy (non-hydrogen) atoms. The van der Waals surface area contributed by atoms with E-state index < -0.39 is 5.91 Å². The zero-order chi connectivity index (χ0) is 18.7. The first kappa shape index (κ1) is 18.2. The maximum atomic E-state index is 12.6. The second-order valence-corrected chi connectivity index (χ2v) is 6.60. The van der Waals surface area contributed by atoms with Crippen molar-refractivity contribution >= 4 is 28.4 Å². The largest absolute Gasteiger partial charge is 0.360 e. The van der Waals surface area contributed by atoms with Gasteiger partial charge in [0.25, 0.3) is 5.91 Å². The molecule has 0 radical (unpaired) electrons. The number of hydrogen-bond acceptors (Lipinski definition) is 3. The summed E-state index contributed by atoms with van der Waals surface area (Å²) in [5.41, 5.74) is 2.48. The van der Waals surface area contributed by atoms with E-state index in [4.69, 9.17) is 11.6 Å². The van der Waals surface area contributed by atoms with Crippen molar-refractivity contribution in [1.29, 1.82) is 0 Å². The van der Waals surface area contributed by atoms with Crippen LogP contribution >= 0.6 is 11.6 Å². The zero-order valence-electron chi connectivity index (χ0n) is 14.6. The van der Waals surface area contributed by atoms with Crippen molar-refractivity contribution in [2.45, 2.75) is 19.5 Å². The summed E-state index contributed by atoms with van der Waals surface area (Å²) in [6, 6.07) is 13.2. The number of aromatic nitrogens is 1. The summed E-state index contributed by atoms with van der Waals surface area (Å²) in [7, 11) is 1.90. The van der Waals surface area contributed by atoms with Crippen LogP contribution in [0.3, 0.4) is 0 Å². The Morgan fingerprint density at radius 3 is 2.81 bits per heavy atom. The Labute approximate surface area is 156 Å². The molecular formula is C20H20ClN3O2. The minimum Gasteiger partial charge on any atom is -0.360 e. The summed E-state index contributed by atoms with van der Waals surface area (Å²) >= 11 is 5.96. The van der Waals surface area contributed by atoms with Gasteiger partial charge in [-0.1, -0.05) is 35.9 Å². The molecule has 1 heterocycles. The van der Waals surface area contributed by atoms with Crippen LogP contribution in [0.5, 0.6) is 0 Å². The molecule has 1 aromatic heterocycles. The second kappa shape index (κ2) is 7.72. The Morgan fingerprint density at radius 1 is 1.23 bits per heavy atom. The van der Waals surface area contributed by atoms with E-state index >= 15 is 0 Å². The fourth-order valence-corrected chi connectivity index (χ4v) is 2.95. The van der Waals surface area contributed by atoms with Crippen molar-refractivity contribution in [3.8, 4) is 0 Å². The molecule has 1 atom stereocenters. The first-order chi connectivity index (χ1) is 12.5. The van der Waals surface area contributed by atoms with Gasteiger partial charge in [0, 0.05) is 34.7 Å². The van der Waals surface area contributed by atoms with E-state index in [1.54, 1.807) is 18.2 Å². The third-order valence-electron chi connectivity index (χ3n) is 4.42. The molecule has 0 aliphatic carbocycles. The van der Waals surface area contributed by atoms with Gasteiger partial charge in [0.1, 0.15) is 5.56 Å². The SMILES string of the molecule is CNC(C)c1cccc(CNC(=O)c2c[nH]c3ccc(Cl)cc3c2=O)c1. The van der Waals surface area contributed by atoms with Gasteiger partial charge in [-0.15, -0.1) is 0 Å². The molecule has 6 heteroatoms. The first-order valence-electron chi connectivity index (χ1n) is 8.35. The molecule has 1 unspecified atom stereocenters. The van der Waals surface area contributed by atoms with E-state index in [9.17, 15) is 9.59 Å². The second-order valence-electron chi connectivity index (χ2n) is 6.16. The summed E-state index contributed by atoms with van der Waals surface area (Å²) in [4.78, 5) is 28.0. The molecule has 0 aliphatic heterocycles. The summed E-state index contributed by atoms with van der Waals surface area (Å²) in [6.45, 7) is 2.41. The molecule has 0 saturated heterocycles. The highest BCUT2D eigenvalue weighted by molar-refractivity contribution is 6.31. The maximum absolute atomic E-state index is 12.6. The minimum atomic E-state index is -0.416. The van der Waals surface area contributed by atoms with Gasteiger partial charge in [0.05, 0.1) is 0 Å². The van der Waals surface area contributed by atoms with Gasteiger partial charge in [0.2, 0.25) is 5.43 Å². The van der Waals surface area contributed by atoms with Crippen molar-refractivity contribution in [3.05, 3.63) is 80.6 Å². The number of rotatable bonds is 5. The maximum Gasteiger partial charge on any atom is 0.257 e. The molecule has 3 N–H and O–H groups in total. The van der Waals surface area contributed by atoms with Crippen LogP contribution in [0, 0.1) is 0 Å². The summed E-state index contributed by atoms with van der Waals surface area (Å²) < 4.78 is 0. The highest BCUT2D eigenvalue weighted by atomic mass is 35.5. The molecule has 3 aromatic rings. The summed E-state index contributed by atoms with van der Waals surface area (Å²) in [6.07, 6.45) is 1.44. The fourth-order valence-electron chi connectivity index (χ4n) is 2.78. The molecule has 0 fully saturated rings. The van der Waals surface area contributed by atoms with Crippen molar-refractivity contribution in [3.63, 3.8) is 0 Å². The lowest BCUT2D eigenvalue weighted by atomic mass is 10.1. The van der Waals surface area contributed by atoms with Gasteiger partial charge in [-0.3, -0.25) is 9.59 Å². The van der Waals surface area contributed by atoms with E-state index in [2.05, 4.69) is 22.5 Å². The van der Waals surface area contributed by atoms with E-state index in [0.717, 1.165) is 11.1 Å². The van der Waals surface area contributed by atoms with Crippen molar-refractivity contribution in [2.24, 2.45) is 0 Å². The Balaban J connectivity index is 1.80. The van der Waals surface area contributed by atoms with Crippen LogP contribution < -0.4 is 16.1 Å². The van der Waals surface area contributed by atoms with Gasteiger partial charge in [-0.05, 0) is 43.3 Å². The van der Waals surface area contributed by atoms with Crippen LogP contribution in [0.1, 0.15) is 34.5 Å². The quantitative estimate of drug-likeness (QED) is 0.645. The number of fused-ring (bicyclic) bond motifs is 1. The van der Waals surface area contributed by atoms with E-state index in [1.165, 1.54) is 6.20 Å². The number of hydrogen-bond donors (Lipinski definition) is 3. The van der Waals surface area contributed by atoms with Gasteiger partial charge in [-0.25, -0.2) is 0 Å². The van der Waals surface area contributed by atoms with Crippen LogP contribution in [-0.4, -0.2) is 17.9 Å². The molecular weight excluding hydrogens is 350 g/mol. The monoisotopic (exact) mass is 369 g/mol. The normalized spacial score (nSPS) is 12.1. The smallest absolute Gasteiger partial charge is 0.257 e. The Bertz CT molecular complexity index is 1010. The van der Waals surface area contributed by atoms with Crippen LogP contribution in [-0.2, 0) is 6.54 Å². The molecule has 5 nitrogen and oxygen atoms in total. The van der Waals surface area contributed by atoms with Crippen LogP contribution in [0.4, 0.5) is 0 Å². The number of halogens is 1. The lowest BCUT2D eigenvalue weighted by Crippen LogP contribution is -2.28. The van der Waals surface area contributed by atoms with Crippen molar-refractivity contribution in [1.82, 2.24) is 15.6 Å². The van der Waals surface area contributed by atoms with Crippen LogP contribution in [0.2, 0.25) is 5.02 Å². The van der Waals surface area contributed by atoms with Gasteiger partial charge in [-0.2, -0.15) is 0 Å². The standard InChI is InChI=1S/C20H20ClN3O2/c1-12(22-2)14-5-3-4-13(8-14)10-24-20(26)17-11-23-18-7-6-15(21)9-16(18)19(17)25/h3-9,11-12,22H,10H2,1-2H3,(H,23,25)(H,24,26). The third-order valence-corrected chi connectivity index (χ3v) is 4.66. The number of carbonyl (C=O) groups excluding carboxylic acids is 1. The highest BCUT2D eigenvalue weighted by Gasteiger charge is 2.13. The predicted octanol–water partition coefficient (Wildman–Crippen LogP) is 3.39. The number of pyridine rings is 1. The number of H-pyrrole nitrogens is 1. The highest BCUT2D eigenvalue weighted by Crippen LogP contribution is 2.16. The number of carbonyl (C=O) groups is 1. The molecule has 2 aromatic carbocycles. The molecule has 0 bridgehead atoms. The minimum absolute atomic E-state index is 0.0690. The lowest BCUT2D eigenvalue weighted by molar-refractivity contribution is 0.0949. The van der Waals surface area contributed by atoms with Gasteiger partial charge < -0.3 is 15.6 Å². The first-order valence-corrected chi connectivity index (χ1v) is 8.72. The molecule has 1 amide bonds. The van der Waals surface area contributed by atoms with Gasteiger partial charge >= 0.3 is 0 Å². The number of nitrogens with one attached hydrogen (secondary N) is 3. The Kier molecular flexibility index (Phi) is 5.40. The molecule has 0 saturated carbocycles. The molecule has 0 aliphatic rings. The van der Waals surface area contributed by atoms with Crippen LogP contribution in [0.25, 0.3) is 10.9 Å².